The lowest BCUT2D eigenvalue weighted by molar-refractivity contribution is -0.136. The first-order valence-corrected chi connectivity index (χ1v) is 7.63. The second kappa shape index (κ2) is 10.4. The molecule has 0 spiro atoms. The Morgan fingerprint density at radius 2 is 1.00 bits per heavy atom. The standard InChI is InChI=1S/C15H19ClO8/c1-2-8(12(17)18)9(13(19)20)4-3-5-10(14(21)22)11(6-7-16)15(23)24/h2-7H2,1H3,(H,17,18)(H,19,20)(H,21,22)(H,23,24). The predicted octanol–water partition coefficient (Wildman–Crippen LogP) is 2.13. The fourth-order valence-corrected chi connectivity index (χ4v) is 2.38. The minimum absolute atomic E-state index is 0.00518. The third-order valence-electron chi connectivity index (χ3n) is 3.31. The highest BCUT2D eigenvalue weighted by atomic mass is 35.5. The SMILES string of the molecule is CCC(C(=O)O)=C(CCCC(C(=O)O)=C(CCCl)C(=O)O)C(=O)O. The Bertz CT molecular complexity index is 588. The second-order valence-corrected chi connectivity index (χ2v) is 5.16. The molecule has 0 atom stereocenters. The molecular formula is C15H19ClO8. The van der Waals surface area contributed by atoms with Crippen LogP contribution >= 0.6 is 11.6 Å². The summed E-state index contributed by atoms with van der Waals surface area (Å²) < 4.78 is 0. The van der Waals surface area contributed by atoms with Crippen LogP contribution in [-0.2, 0) is 19.2 Å². The summed E-state index contributed by atoms with van der Waals surface area (Å²) in [6.45, 7) is 1.50. The van der Waals surface area contributed by atoms with Crippen molar-refractivity contribution in [3.05, 3.63) is 22.3 Å². The van der Waals surface area contributed by atoms with E-state index in [1.165, 1.54) is 6.92 Å². The molecule has 0 radical (unpaired) electrons. The van der Waals surface area contributed by atoms with Crippen molar-refractivity contribution in [2.24, 2.45) is 0 Å². The van der Waals surface area contributed by atoms with Crippen molar-refractivity contribution in [1.29, 1.82) is 0 Å². The van der Waals surface area contributed by atoms with Gasteiger partial charge in [0.25, 0.3) is 0 Å². The van der Waals surface area contributed by atoms with Gasteiger partial charge in [0.1, 0.15) is 0 Å². The highest BCUT2D eigenvalue weighted by molar-refractivity contribution is 6.18. The van der Waals surface area contributed by atoms with Crippen molar-refractivity contribution >= 4 is 35.5 Å². The van der Waals surface area contributed by atoms with Crippen LogP contribution in [0.25, 0.3) is 0 Å². The van der Waals surface area contributed by atoms with Crippen LogP contribution in [0.2, 0.25) is 0 Å². The summed E-state index contributed by atoms with van der Waals surface area (Å²) in [4.78, 5) is 44.6. The lowest BCUT2D eigenvalue weighted by Crippen LogP contribution is -2.14. The first-order valence-electron chi connectivity index (χ1n) is 7.10. The molecule has 0 saturated carbocycles. The first kappa shape index (κ1) is 21.6. The van der Waals surface area contributed by atoms with E-state index in [9.17, 15) is 19.2 Å². The van der Waals surface area contributed by atoms with Crippen LogP contribution < -0.4 is 0 Å². The van der Waals surface area contributed by atoms with Crippen molar-refractivity contribution in [3.8, 4) is 0 Å². The van der Waals surface area contributed by atoms with Crippen molar-refractivity contribution < 1.29 is 39.6 Å². The molecule has 0 bridgehead atoms. The molecule has 0 saturated heterocycles. The van der Waals surface area contributed by atoms with E-state index in [1.54, 1.807) is 0 Å². The van der Waals surface area contributed by atoms with Gasteiger partial charge >= 0.3 is 23.9 Å². The van der Waals surface area contributed by atoms with Crippen molar-refractivity contribution in [3.63, 3.8) is 0 Å². The van der Waals surface area contributed by atoms with Crippen LogP contribution in [-0.4, -0.2) is 50.2 Å². The van der Waals surface area contributed by atoms with Crippen LogP contribution in [0.5, 0.6) is 0 Å². The Kier molecular flexibility index (Phi) is 9.41. The van der Waals surface area contributed by atoms with E-state index < -0.39 is 23.9 Å². The van der Waals surface area contributed by atoms with E-state index >= 15 is 0 Å². The van der Waals surface area contributed by atoms with Gasteiger partial charge in [-0.05, 0) is 32.1 Å². The predicted molar refractivity (Wildman–Crippen MR) is 84.1 cm³/mol. The van der Waals surface area contributed by atoms with E-state index in [-0.39, 0.29) is 60.3 Å². The molecule has 0 aliphatic carbocycles. The van der Waals surface area contributed by atoms with Crippen LogP contribution in [0.4, 0.5) is 0 Å². The lowest BCUT2D eigenvalue weighted by atomic mass is 9.96. The monoisotopic (exact) mass is 362 g/mol. The van der Waals surface area contributed by atoms with Crippen molar-refractivity contribution in [2.45, 2.75) is 39.0 Å². The van der Waals surface area contributed by atoms with Gasteiger partial charge in [-0.25, -0.2) is 19.2 Å². The molecule has 0 rings (SSSR count). The zero-order valence-electron chi connectivity index (χ0n) is 13.0. The molecule has 0 fully saturated rings. The summed E-state index contributed by atoms with van der Waals surface area (Å²) >= 11 is 5.47. The summed E-state index contributed by atoms with van der Waals surface area (Å²) in [5.74, 6) is -5.64. The molecular weight excluding hydrogens is 344 g/mol. The summed E-state index contributed by atoms with van der Waals surface area (Å²) in [6, 6.07) is 0. The third-order valence-corrected chi connectivity index (χ3v) is 3.50. The van der Waals surface area contributed by atoms with Crippen LogP contribution in [0.15, 0.2) is 22.3 Å². The molecule has 0 aromatic carbocycles. The highest BCUT2D eigenvalue weighted by Crippen LogP contribution is 2.21. The largest absolute Gasteiger partial charge is 0.478 e. The molecule has 0 unspecified atom stereocenters. The Morgan fingerprint density at radius 3 is 1.29 bits per heavy atom. The molecule has 4 N–H and O–H groups in total. The maximum absolute atomic E-state index is 11.2. The van der Waals surface area contributed by atoms with Gasteiger partial charge in [0.2, 0.25) is 0 Å². The van der Waals surface area contributed by atoms with Crippen LogP contribution in [0, 0.1) is 0 Å². The molecule has 0 amide bonds. The van der Waals surface area contributed by atoms with E-state index in [2.05, 4.69) is 0 Å². The summed E-state index contributed by atoms with van der Waals surface area (Å²) in [7, 11) is 0. The second-order valence-electron chi connectivity index (χ2n) is 4.78. The highest BCUT2D eigenvalue weighted by Gasteiger charge is 2.22. The molecule has 9 heteroatoms. The molecule has 134 valence electrons. The zero-order chi connectivity index (χ0) is 18.9. The maximum atomic E-state index is 11.2. The third kappa shape index (κ3) is 6.41. The number of hydrogen-bond donors (Lipinski definition) is 4. The summed E-state index contributed by atoms with van der Waals surface area (Å²) in [5, 5.41) is 36.3. The zero-order valence-corrected chi connectivity index (χ0v) is 13.8. The minimum atomic E-state index is -1.42. The Balaban J connectivity index is 5.43. The van der Waals surface area contributed by atoms with E-state index in [4.69, 9.17) is 32.0 Å². The number of carbonyl (C=O) groups is 4. The molecule has 8 nitrogen and oxygen atoms in total. The number of rotatable bonds is 11. The van der Waals surface area contributed by atoms with E-state index in [1.807, 2.05) is 0 Å². The fraction of sp³-hybridized carbons (Fsp3) is 0.467. The van der Waals surface area contributed by atoms with Gasteiger partial charge in [-0.1, -0.05) is 6.92 Å². The Morgan fingerprint density at radius 1 is 0.667 bits per heavy atom. The number of carboxylic acids is 4. The molecule has 0 aromatic rings. The van der Waals surface area contributed by atoms with Gasteiger partial charge in [0.05, 0.1) is 0 Å². The van der Waals surface area contributed by atoms with Crippen LogP contribution in [0.3, 0.4) is 0 Å². The van der Waals surface area contributed by atoms with Crippen molar-refractivity contribution in [1.82, 2.24) is 0 Å². The quantitative estimate of drug-likeness (QED) is 0.322. The topological polar surface area (TPSA) is 149 Å². The molecule has 0 aliphatic heterocycles. The fourth-order valence-electron chi connectivity index (χ4n) is 2.19. The van der Waals surface area contributed by atoms with Gasteiger partial charge in [-0.3, -0.25) is 0 Å². The number of carboxylic acid groups (broad SMARTS) is 4. The smallest absolute Gasteiger partial charge is 0.332 e. The molecule has 0 aromatic heterocycles. The van der Waals surface area contributed by atoms with Crippen molar-refractivity contribution in [2.75, 3.05) is 5.88 Å². The van der Waals surface area contributed by atoms with Gasteiger partial charge < -0.3 is 20.4 Å². The van der Waals surface area contributed by atoms with Crippen LogP contribution in [0.1, 0.15) is 39.0 Å². The molecule has 0 heterocycles. The first-order chi connectivity index (χ1) is 11.2. The Hall–Kier alpha value is -2.35. The summed E-state index contributed by atoms with van der Waals surface area (Å²) in [6.07, 6.45) is -0.545. The lowest BCUT2D eigenvalue weighted by Gasteiger charge is -2.10. The van der Waals surface area contributed by atoms with Gasteiger partial charge in [-0.2, -0.15) is 0 Å². The number of aliphatic carboxylic acids is 4. The normalized spacial score (nSPS) is 12.9. The molecule has 0 aliphatic rings. The van der Waals surface area contributed by atoms with E-state index in [0.29, 0.717) is 0 Å². The van der Waals surface area contributed by atoms with E-state index in [0.717, 1.165) is 0 Å². The van der Waals surface area contributed by atoms with Gasteiger partial charge in [0, 0.05) is 28.2 Å². The average molecular weight is 363 g/mol. The Labute approximate surface area is 143 Å². The van der Waals surface area contributed by atoms with Gasteiger partial charge in [0.15, 0.2) is 0 Å². The number of halogens is 1. The number of hydrogen-bond acceptors (Lipinski definition) is 4. The average Bonchev–Trinajstić information content (AvgIpc) is 2.47. The minimum Gasteiger partial charge on any atom is -0.478 e. The summed E-state index contributed by atoms with van der Waals surface area (Å²) in [5.41, 5.74) is -1.28. The molecule has 24 heavy (non-hydrogen) atoms. The number of alkyl halides is 1. The maximum Gasteiger partial charge on any atom is 0.332 e. The van der Waals surface area contributed by atoms with Gasteiger partial charge in [-0.15, -0.1) is 11.6 Å².